The van der Waals surface area contributed by atoms with Gasteiger partial charge in [-0.3, -0.25) is 4.57 Å². The Morgan fingerprint density at radius 3 is 2.73 bits per heavy atom. The summed E-state index contributed by atoms with van der Waals surface area (Å²) in [6.07, 6.45) is 1.27. The van der Waals surface area contributed by atoms with E-state index in [0.29, 0.717) is 0 Å². The molecule has 1 N–H and O–H groups in total. The lowest BCUT2D eigenvalue weighted by Gasteiger charge is -2.07. The summed E-state index contributed by atoms with van der Waals surface area (Å²) in [5.74, 6) is -2.11. The smallest absolute Gasteiger partial charge is 0.313 e. The highest BCUT2D eigenvalue weighted by molar-refractivity contribution is 5.75. The van der Waals surface area contributed by atoms with E-state index in [1.165, 1.54) is 10.8 Å². The second kappa shape index (κ2) is 3.15. The van der Waals surface area contributed by atoms with Crippen molar-refractivity contribution in [3.05, 3.63) is 28.4 Å². The zero-order chi connectivity index (χ0) is 11.2. The Hall–Kier alpha value is -1.72. The fourth-order valence-corrected chi connectivity index (χ4v) is 1.37. The van der Waals surface area contributed by atoms with Crippen molar-refractivity contribution in [3.8, 4) is 0 Å². The van der Waals surface area contributed by atoms with Crippen molar-refractivity contribution in [1.82, 2.24) is 14.5 Å². The molecule has 0 fully saturated rings. The monoisotopic (exact) mass is 213 g/mol. The zero-order valence-electron chi connectivity index (χ0n) is 8.21. The molecule has 0 saturated heterocycles. The molecule has 0 amide bonds. The molecule has 0 unspecified atom stereocenters. The van der Waals surface area contributed by atoms with Crippen LogP contribution in [0.4, 0.5) is 8.78 Å². The molecule has 6 heteroatoms. The van der Waals surface area contributed by atoms with Gasteiger partial charge < -0.3 is 4.98 Å². The molecule has 4 nitrogen and oxygen atoms in total. The second-order valence-corrected chi connectivity index (χ2v) is 3.54. The summed E-state index contributed by atoms with van der Waals surface area (Å²) in [4.78, 5) is 17.0. The average Bonchev–Trinajstić information content (AvgIpc) is 2.41. The number of rotatable bonds is 1. The summed E-state index contributed by atoms with van der Waals surface area (Å²) in [5, 5.41) is -0.0131. The van der Waals surface area contributed by atoms with Gasteiger partial charge in [0.1, 0.15) is 5.65 Å². The van der Waals surface area contributed by atoms with Crippen molar-refractivity contribution in [2.24, 2.45) is 0 Å². The van der Waals surface area contributed by atoms with Gasteiger partial charge in [0.15, 0.2) is 5.82 Å². The molecule has 0 bridgehead atoms. The van der Waals surface area contributed by atoms with Gasteiger partial charge in [0.05, 0.1) is 5.39 Å². The molecule has 2 rings (SSSR count). The van der Waals surface area contributed by atoms with Crippen LogP contribution >= 0.6 is 0 Å². The van der Waals surface area contributed by atoms with E-state index in [9.17, 15) is 13.6 Å². The van der Waals surface area contributed by atoms with Gasteiger partial charge in [-0.25, -0.2) is 9.18 Å². The highest BCUT2D eigenvalue weighted by atomic mass is 19.2. The summed E-state index contributed by atoms with van der Waals surface area (Å²) < 4.78 is 27.2. The number of nitrogens with one attached hydrogen (secondary N) is 1. The van der Waals surface area contributed by atoms with Crippen LogP contribution in [0.3, 0.4) is 0 Å². The van der Waals surface area contributed by atoms with E-state index in [1.807, 2.05) is 0 Å². The van der Waals surface area contributed by atoms with Crippen LogP contribution in [0.5, 0.6) is 0 Å². The summed E-state index contributed by atoms with van der Waals surface area (Å²) >= 11 is 0. The molecule has 0 aromatic carbocycles. The SMILES string of the molecule is CC(C)n1cc2c(F)c(F)[nH]c2nc1=O. The highest BCUT2D eigenvalue weighted by Gasteiger charge is 2.14. The van der Waals surface area contributed by atoms with Crippen LogP contribution in [0.2, 0.25) is 0 Å². The molecular formula is C9H9F2N3O. The molecule has 0 spiro atoms. The van der Waals surface area contributed by atoms with Gasteiger partial charge >= 0.3 is 5.69 Å². The van der Waals surface area contributed by atoms with E-state index in [0.717, 1.165) is 0 Å². The Labute approximate surface area is 83.6 Å². The van der Waals surface area contributed by atoms with E-state index >= 15 is 0 Å². The van der Waals surface area contributed by atoms with Gasteiger partial charge in [0, 0.05) is 12.2 Å². The van der Waals surface area contributed by atoms with Crippen LogP contribution in [-0.4, -0.2) is 14.5 Å². The van der Waals surface area contributed by atoms with Gasteiger partial charge in [-0.1, -0.05) is 0 Å². The summed E-state index contributed by atoms with van der Waals surface area (Å²) in [5.41, 5.74) is -0.592. The van der Waals surface area contributed by atoms with Crippen LogP contribution in [0.1, 0.15) is 19.9 Å². The van der Waals surface area contributed by atoms with Crippen molar-refractivity contribution >= 4 is 11.0 Å². The lowest BCUT2D eigenvalue weighted by atomic mass is 10.3. The number of aromatic nitrogens is 3. The number of hydrogen-bond acceptors (Lipinski definition) is 2. The average molecular weight is 213 g/mol. The quantitative estimate of drug-likeness (QED) is 0.781. The molecule has 0 aliphatic rings. The minimum absolute atomic E-state index is 0.0131. The Balaban J connectivity index is 2.83. The predicted octanol–water partition coefficient (Wildman–Crippen LogP) is 1.58. The highest BCUT2D eigenvalue weighted by Crippen LogP contribution is 2.17. The largest absolute Gasteiger partial charge is 0.349 e. The number of halogens is 2. The third-order valence-electron chi connectivity index (χ3n) is 2.17. The first kappa shape index (κ1) is 9.82. The van der Waals surface area contributed by atoms with Crippen molar-refractivity contribution in [3.63, 3.8) is 0 Å². The Bertz CT molecular complexity index is 570. The molecule has 2 aromatic rings. The van der Waals surface area contributed by atoms with E-state index in [-0.39, 0.29) is 17.1 Å². The molecule has 0 aliphatic carbocycles. The van der Waals surface area contributed by atoms with Crippen molar-refractivity contribution in [2.45, 2.75) is 19.9 Å². The molecule has 0 radical (unpaired) electrons. The molecule has 15 heavy (non-hydrogen) atoms. The number of H-pyrrole nitrogens is 1. The van der Waals surface area contributed by atoms with Crippen LogP contribution < -0.4 is 5.69 Å². The van der Waals surface area contributed by atoms with Gasteiger partial charge in [-0.15, -0.1) is 0 Å². The maximum Gasteiger partial charge on any atom is 0.349 e. The maximum atomic E-state index is 13.2. The molecule has 0 saturated carbocycles. The minimum atomic E-state index is -1.10. The standard InChI is InChI=1S/C9H9F2N3O/c1-4(2)14-3-5-6(10)7(11)12-8(5)13-9(14)15/h3-4H,1-2H3,(H,12,13,15). The minimum Gasteiger partial charge on any atom is -0.313 e. The topological polar surface area (TPSA) is 50.7 Å². The lowest BCUT2D eigenvalue weighted by Crippen LogP contribution is -2.23. The van der Waals surface area contributed by atoms with Gasteiger partial charge in [-0.2, -0.15) is 9.37 Å². The molecule has 2 heterocycles. The maximum absolute atomic E-state index is 13.2. The predicted molar refractivity (Wildman–Crippen MR) is 50.7 cm³/mol. The van der Waals surface area contributed by atoms with Gasteiger partial charge in [0.2, 0.25) is 5.95 Å². The van der Waals surface area contributed by atoms with E-state index in [2.05, 4.69) is 9.97 Å². The fourth-order valence-electron chi connectivity index (χ4n) is 1.37. The molecule has 80 valence electrons. The first-order valence-electron chi connectivity index (χ1n) is 4.46. The normalized spacial score (nSPS) is 11.5. The number of hydrogen-bond donors (Lipinski definition) is 1. The van der Waals surface area contributed by atoms with E-state index in [1.54, 1.807) is 13.8 Å². The Morgan fingerprint density at radius 2 is 2.13 bits per heavy atom. The van der Waals surface area contributed by atoms with E-state index < -0.39 is 17.5 Å². The Kier molecular flexibility index (Phi) is 2.06. The number of fused-ring (bicyclic) bond motifs is 1. The van der Waals surface area contributed by atoms with Crippen LogP contribution in [0.15, 0.2) is 11.0 Å². The molecular weight excluding hydrogens is 204 g/mol. The third kappa shape index (κ3) is 1.42. The van der Waals surface area contributed by atoms with Gasteiger partial charge in [0.25, 0.3) is 0 Å². The fraction of sp³-hybridized carbons (Fsp3) is 0.333. The summed E-state index contributed by atoms with van der Waals surface area (Å²) in [7, 11) is 0. The van der Waals surface area contributed by atoms with Crippen molar-refractivity contribution in [1.29, 1.82) is 0 Å². The molecule has 0 aliphatic heterocycles. The van der Waals surface area contributed by atoms with Crippen LogP contribution in [-0.2, 0) is 0 Å². The lowest BCUT2D eigenvalue weighted by molar-refractivity contribution is 0.497. The molecule has 2 aromatic heterocycles. The van der Waals surface area contributed by atoms with Gasteiger partial charge in [-0.05, 0) is 13.8 Å². The van der Waals surface area contributed by atoms with Crippen LogP contribution in [0.25, 0.3) is 11.0 Å². The Morgan fingerprint density at radius 1 is 1.47 bits per heavy atom. The summed E-state index contributed by atoms with van der Waals surface area (Å²) in [6.45, 7) is 3.52. The number of aromatic amines is 1. The van der Waals surface area contributed by atoms with Crippen molar-refractivity contribution < 1.29 is 8.78 Å². The second-order valence-electron chi connectivity index (χ2n) is 3.54. The first-order valence-corrected chi connectivity index (χ1v) is 4.46. The molecule has 0 atom stereocenters. The summed E-state index contributed by atoms with van der Waals surface area (Å²) in [6, 6.07) is -0.147. The number of nitrogens with zero attached hydrogens (tertiary/aromatic N) is 2. The third-order valence-corrected chi connectivity index (χ3v) is 2.17. The first-order chi connectivity index (χ1) is 7.00. The zero-order valence-corrected chi connectivity index (χ0v) is 8.21. The van der Waals surface area contributed by atoms with Crippen molar-refractivity contribution in [2.75, 3.05) is 0 Å². The van der Waals surface area contributed by atoms with Crippen LogP contribution in [0, 0.1) is 11.8 Å². The van der Waals surface area contributed by atoms with E-state index in [4.69, 9.17) is 0 Å².